The highest BCUT2D eigenvalue weighted by atomic mass is 19.4. The van der Waals surface area contributed by atoms with E-state index < -0.39 is 11.7 Å². The first-order chi connectivity index (χ1) is 12.8. The van der Waals surface area contributed by atoms with Crippen molar-refractivity contribution < 1.29 is 13.2 Å². The maximum atomic E-state index is 13.0. The first-order valence-corrected chi connectivity index (χ1v) is 8.55. The molecule has 0 radical (unpaired) electrons. The minimum absolute atomic E-state index is 0.340. The Morgan fingerprint density at radius 1 is 0.963 bits per heavy atom. The number of fused-ring (bicyclic) bond motifs is 2. The van der Waals surface area contributed by atoms with Gasteiger partial charge < -0.3 is 9.47 Å². The van der Waals surface area contributed by atoms with Crippen LogP contribution in [0, 0.1) is 0 Å². The standard InChI is InChI=1S/C21H18F3N3/c1-26(13-14-7-8-15-5-3-4-6-16(15)11-14)20-25-18-12-17(21(22,23)24)9-10-19(18)27(20)2/h3-12H,13H2,1-2H3. The fraction of sp³-hybridized carbons (Fsp3) is 0.190. The lowest BCUT2D eigenvalue weighted by atomic mass is 10.1. The second kappa shape index (κ2) is 6.30. The van der Waals surface area contributed by atoms with Gasteiger partial charge in [-0.1, -0.05) is 36.4 Å². The molecule has 4 aromatic rings. The zero-order valence-corrected chi connectivity index (χ0v) is 15.0. The van der Waals surface area contributed by atoms with Gasteiger partial charge in [-0.15, -0.1) is 0 Å². The first-order valence-electron chi connectivity index (χ1n) is 8.55. The Morgan fingerprint density at radius 3 is 2.44 bits per heavy atom. The average Bonchev–Trinajstić information content (AvgIpc) is 2.97. The molecule has 0 amide bonds. The summed E-state index contributed by atoms with van der Waals surface area (Å²) < 4.78 is 40.7. The molecule has 138 valence electrons. The highest BCUT2D eigenvalue weighted by Crippen LogP contribution is 2.32. The smallest absolute Gasteiger partial charge is 0.341 e. The second-order valence-corrected chi connectivity index (χ2v) is 6.71. The number of aromatic nitrogens is 2. The van der Waals surface area contributed by atoms with Crippen molar-refractivity contribution >= 4 is 27.8 Å². The van der Waals surface area contributed by atoms with Crippen molar-refractivity contribution in [3.63, 3.8) is 0 Å². The molecule has 0 spiro atoms. The van der Waals surface area contributed by atoms with Crippen molar-refractivity contribution in [3.05, 3.63) is 71.8 Å². The van der Waals surface area contributed by atoms with Gasteiger partial charge in [0.25, 0.3) is 0 Å². The SMILES string of the molecule is CN(Cc1ccc2ccccc2c1)c1nc2cc(C(F)(F)F)ccc2n1C. The Balaban J connectivity index is 1.67. The van der Waals surface area contributed by atoms with Crippen LogP contribution in [0.2, 0.25) is 0 Å². The second-order valence-electron chi connectivity index (χ2n) is 6.71. The molecule has 0 N–H and O–H groups in total. The van der Waals surface area contributed by atoms with Crippen LogP contribution in [0.15, 0.2) is 60.7 Å². The predicted molar refractivity (Wildman–Crippen MR) is 102 cm³/mol. The Labute approximate surface area is 154 Å². The van der Waals surface area contributed by atoms with E-state index in [1.54, 1.807) is 0 Å². The molecule has 1 heterocycles. The zero-order valence-electron chi connectivity index (χ0n) is 15.0. The van der Waals surface area contributed by atoms with E-state index in [1.807, 2.05) is 35.7 Å². The molecule has 27 heavy (non-hydrogen) atoms. The topological polar surface area (TPSA) is 21.1 Å². The van der Waals surface area contributed by atoms with Crippen molar-refractivity contribution in [2.75, 3.05) is 11.9 Å². The van der Waals surface area contributed by atoms with Gasteiger partial charge in [0.05, 0.1) is 16.6 Å². The lowest BCUT2D eigenvalue weighted by molar-refractivity contribution is -0.137. The van der Waals surface area contributed by atoms with Crippen LogP contribution in [0.25, 0.3) is 21.8 Å². The van der Waals surface area contributed by atoms with Crippen LogP contribution in [-0.4, -0.2) is 16.6 Å². The molecule has 0 aliphatic carbocycles. The summed E-state index contributed by atoms with van der Waals surface area (Å²) in [6.07, 6.45) is -4.37. The highest BCUT2D eigenvalue weighted by molar-refractivity contribution is 5.83. The third-order valence-corrected chi connectivity index (χ3v) is 4.76. The van der Waals surface area contributed by atoms with Gasteiger partial charge in [0.1, 0.15) is 0 Å². The molecular formula is C21H18F3N3. The van der Waals surface area contributed by atoms with E-state index >= 15 is 0 Å². The van der Waals surface area contributed by atoms with Crippen molar-refractivity contribution in [3.8, 4) is 0 Å². The van der Waals surface area contributed by atoms with Gasteiger partial charge in [-0.25, -0.2) is 4.98 Å². The van der Waals surface area contributed by atoms with Crippen LogP contribution >= 0.6 is 0 Å². The summed E-state index contributed by atoms with van der Waals surface area (Å²) in [6.45, 7) is 0.605. The van der Waals surface area contributed by atoms with E-state index in [4.69, 9.17) is 0 Å². The van der Waals surface area contributed by atoms with Crippen molar-refractivity contribution in [1.29, 1.82) is 0 Å². The molecule has 0 bridgehead atoms. The number of alkyl halides is 3. The molecule has 0 saturated heterocycles. The van der Waals surface area contributed by atoms with E-state index in [1.165, 1.54) is 11.5 Å². The van der Waals surface area contributed by atoms with Gasteiger partial charge in [-0.05, 0) is 40.6 Å². The first kappa shape index (κ1) is 17.4. The van der Waals surface area contributed by atoms with Crippen molar-refractivity contribution in [2.45, 2.75) is 12.7 Å². The largest absolute Gasteiger partial charge is 0.416 e. The fourth-order valence-corrected chi connectivity index (χ4v) is 3.39. The number of halogens is 3. The van der Waals surface area contributed by atoms with Gasteiger partial charge in [-0.2, -0.15) is 13.2 Å². The maximum absolute atomic E-state index is 13.0. The molecule has 3 aromatic carbocycles. The Morgan fingerprint density at radius 2 is 1.70 bits per heavy atom. The van der Waals surface area contributed by atoms with Crippen molar-refractivity contribution in [2.24, 2.45) is 7.05 Å². The number of aryl methyl sites for hydroxylation is 1. The van der Waals surface area contributed by atoms with Gasteiger partial charge in [0.2, 0.25) is 5.95 Å². The van der Waals surface area contributed by atoms with Crippen LogP contribution in [0.5, 0.6) is 0 Å². The third-order valence-electron chi connectivity index (χ3n) is 4.76. The Hall–Kier alpha value is -3.02. The van der Waals surface area contributed by atoms with E-state index in [-0.39, 0.29) is 0 Å². The summed E-state index contributed by atoms with van der Waals surface area (Å²) in [7, 11) is 3.70. The number of nitrogens with zero attached hydrogens (tertiary/aromatic N) is 3. The minimum atomic E-state index is -4.37. The van der Waals surface area contributed by atoms with Crippen LogP contribution in [-0.2, 0) is 19.8 Å². The molecule has 3 nitrogen and oxygen atoms in total. The zero-order chi connectivity index (χ0) is 19.2. The quantitative estimate of drug-likeness (QED) is 0.483. The van der Waals surface area contributed by atoms with Crippen LogP contribution in [0.3, 0.4) is 0 Å². The molecule has 0 saturated carbocycles. The monoisotopic (exact) mass is 369 g/mol. The number of hydrogen-bond donors (Lipinski definition) is 0. The molecule has 6 heteroatoms. The molecule has 0 fully saturated rings. The summed E-state index contributed by atoms with van der Waals surface area (Å²) in [5.74, 6) is 0.623. The Bertz CT molecular complexity index is 1130. The normalized spacial score (nSPS) is 12.0. The maximum Gasteiger partial charge on any atom is 0.416 e. The molecule has 0 aliphatic rings. The molecular weight excluding hydrogens is 351 g/mol. The number of benzene rings is 3. The van der Waals surface area contributed by atoms with Gasteiger partial charge in [-0.3, -0.25) is 0 Å². The van der Waals surface area contributed by atoms with E-state index in [9.17, 15) is 13.2 Å². The third kappa shape index (κ3) is 3.23. The number of anilines is 1. The number of rotatable bonds is 3. The van der Waals surface area contributed by atoms with Gasteiger partial charge in [0, 0.05) is 20.6 Å². The van der Waals surface area contributed by atoms with Crippen LogP contribution in [0.1, 0.15) is 11.1 Å². The average molecular weight is 369 g/mol. The summed E-state index contributed by atoms with van der Waals surface area (Å²) >= 11 is 0. The number of imidazole rings is 1. The summed E-state index contributed by atoms with van der Waals surface area (Å²) in [5, 5.41) is 2.33. The molecule has 0 aliphatic heterocycles. The number of hydrogen-bond acceptors (Lipinski definition) is 2. The molecule has 1 aromatic heterocycles. The van der Waals surface area contributed by atoms with E-state index in [2.05, 4.69) is 35.3 Å². The fourth-order valence-electron chi connectivity index (χ4n) is 3.39. The van der Waals surface area contributed by atoms with Crippen LogP contribution in [0.4, 0.5) is 19.1 Å². The van der Waals surface area contributed by atoms with E-state index in [0.29, 0.717) is 23.5 Å². The highest BCUT2D eigenvalue weighted by Gasteiger charge is 2.31. The lowest BCUT2D eigenvalue weighted by Crippen LogP contribution is -2.19. The molecule has 4 rings (SSSR count). The van der Waals surface area contributed by atoms with E-state index in [0.717, 1.165) is 23.1 Å². The molecule has 0 atom stereocenters. The minimum Gasteiger partial charge on any atom is -0.341 e. The van der Waals surface area contributed by atoms with Crippen molar-refractivity contribution in [1.82, 2.24) is 9.55 Å². The lowest BCUT2D eigenvalue weighted by Gasteiger charge is -2.18. The summed E-state index contributed by atoms with van der Waals surface area (Å²) in [5.41, 5.74) is 1.44. The Kier molecular flexibility index (Phi) is 4.06. The predicted octanol–water partition coefficient (Wildman–Crippen LogP) is 5.38. The van der Waals surface area contributed by atoms with Gasteiger partial charge >= 0.3 is 6.18 Å². The summed E-state index contributed by atoms with van der Waals surface area (Å²) in [4.78, 5) is 6.38. The van der Waals surface area contributed by atoms with Gasteiger partial charge in [0.15, 0.2) is 0 Å². The summed E-state index contributed by atoms with van der Waals surface area (Å²) in [6, 6.07) is 18.0. The van der Waals surface area contributed by atoms with Crippen LogP contribution < -0.4 is 4.90 Å². The molecule has 0 unspecified atom stereocenters.